The zero-order valence-electron chi connectivity index (χ0n) is 10.4. The number of nitrogens with zero attached hydrogens (tertiary/aromatic N) is 3. The summed E-state index contributed by atoms with van der Waals surface area (Å²) in [5.41, 5.74) is 1.53. The van der Waals surface area contributed by atoms with Gasteiger partial charge in [-0.2, -0.15) is 15.4 Å². The maximum absolute atomic E-state index is 11.9. The van der Waals surface area contributed by atoms with Gasteiger partial charge in [0.15, 0.2) is 5.69 Å². The summed E-state index contributed by atoms with van der Waals surface area (Å²) in [7, 11) is 0. The number of amides is 1. The van der Waals surface area contributed by atoms with Gasteiger partial charge in [-0.25, -0.2) is 0 Å². The fourth-order valence-corrected chi connectivity index (χ4v) is 2.32. The number of carbonyl (C=O) groups excluding carboxylic acids is 1. The molecule has 1 aliphatic heterocycles. The number of benzene rings is 1. The van der Waals surface area contributed by atoms with Gasteiger partial charge in [-0.15, -0.1) is 0 Å². The van der Waals surface area contributed by atoms with Crippen LogP contribution in [0.25, 0.3) is 0 Å². The van der Waals surface area contributed by atoms with Crippen molar-refractivity contribution in [3.05, 3.63) is 42.2 Å². The van der Waals surface area contributed by atoms with Crippen LogP contribution in [0.1, 0.15) is 16.9 Å². The second-order valence-corrected chi connectivity index (χ2v) is 4.60. The summed E-state index contributed by atoms with van der Waals surface area (Å²) in [4.78, 5) is 14.1. The number of rotatable bonds is 3. The number of para-hydroxylation sites is 1. The molecule has 2 aromatic rings. The zero-order valence-corrected chi connectivity index (χ0v) is 10.4. The Morgan fingerprint density at radius 1 is 1.37 bits per heavy atom. The molecule has 1 aliphatic rings. The standard InChI is InChI=1S/C13H15N5O/c19-13(12-8-14-17-16-12)15-10-6-7-18(9-10)11-4-2-1-3-5-11/h1-5,8,10H,6-7,9H2,(H,15,19)(H,14,16,17). The van der Waals surface area contributed by atoms with Crippen molar-refractivity contribution in [2.24, 2.45) is 0 Å². The number of hydrogen-bond donors (Lipinski definition) is 2. The normalized spacial score (nSPS) is 18.5. The molecule has 2 heterocycles. The van der Waals surface area contributed by atoms with Crippen LogP contribution in [-0.4, -0.2) is 40.4 Å². The lowest BCUT2D eigenvalue weighted by atomic mass is 10.2. The Bertz CT molecular complexity index is 539. The van der Waals surface area contributed by atoms with Crippen LogP contribution >= 0.6 is 0 Å². The minimum atomic E-state index is -0.173. The van der Waals surface area contributed by atoms with Gasteiger partial charge in [0.05, 0.1) is 6.20 Å². The molecule has 1 atom stereocenters. The van der Waals surface area contributed by atoms with Crippen molar-refractivity contribution in [1.82, 2.24) is 20.7 Å². The van der Waals surface area contributed by atoms with Gasteiger partial charge in [-0.3, -0.25) is 4.79 Å². The highest BCUT2D eigenvalue weighted by molar-refractivity contribution is 5.92. The van der Waals surface area contributed by atoms with Gasteiger partial charge in [-0.05, 0) is 18.6 Å². The van der Waals surface area contributed by atoms with Crippen molar-refractivity contribution in [2.75, 3.05) is 18.0 Å². The Kier molecular flexibility index (Phi) is 3.14. The molecule has 1 fully saturated rings. The van der Waals surface area contributed by atoms with E-state index in [2.05, 4.69) is 37.8 Å². The van der Waals surface area contributed by atoms with Crippen LogP contribution in [0.3, 0.4) is 0 Å². The van der Waals surface area contributed by atoms with E-state index >= 15 is 0 Å². The summed E-state index contributed by atoms with van der Waals surface area (Å²) in [5.74, 6) is -0.173. The molecule has 0 aliphatic carbocycles. The number of aromatic amines is 1. The number of aromatic nitrogens is 3. The lowest BCUT2D eigenvalue weighted by molar-refractivity contribution is 0.0935. The van der Waals surface area contributed by atoms with Gasteiger partial charge in [0.2, 0.25) is 0 Å². The maximum atomic E-state index is 11.9. The van der Waals surface area contributed by atoms with Gasteiger partial charge in [-0.1, -0.05) is 18.2 Å². The zero-order chi connectivity index (χ0) is 13.1. The van der Waals surface area contributed by atoms with Gasteiger partial charge < -0.3 is 10.2 Å². The number of hydrogen-bond acceptors (Lipinski definition) is 4. The minimum absolute atomic E-state index is 0.157. The molecule has 2 N–H and O–H groups in total. The Morgan fingerprint density at radius 2 is 2.21 bits per heavy atom. The highest BCUT2D eigenvalue weighted by Gasteiger charge is 2.24. The van der Waals surface area contributed by atoms with Crippen LogP contribution < -0.4 is 10.2 Å². The molecule has 6 nitrogen and oxygen atoms in total. The van der Waals surface area contributed by atoms with E-state index in [1.54, 1.807) is 0 Å². The van der Waals surface area contributed by atoms with E-state index in [-0.39, 0.29) is 11.9 Å². The molecule has 1 aromatic heterocycles. The molecule has 6 heteroatoms. The van der Waals surface area contributed by atoms with E-state index in [4.69, 9.17) is 0 Å². The number of carbonyl (C=O) groups is 1. The predicted octanol–water partition coefficient (Wildman–Crippen LogP) is 0.813. The first-order valence-electron chi connectivity index (χ1n) is 6.29. The quantitative estimate of drug-likeness (QED) is 0.853. The predicted molar refractivity (Wildman–Crippen MR) is 70.9 cm³/mol. The summed E-state index contributed by atoms with van der Waals surface area (Å²) >= 11 is 0. The summed E-state index contributed by atoms with van der Waals surface area (Å²) in [5, 5.41) is 12.8. The van der Waals surface area contributed by atoms with Crippen LogP contribution in [0.15, 0.2) is 36.5 Å². The summed E-state index contributed by atoms with van der Waals surface area (Å²) < 4.78 is 0. The Hall–Kier alpha value is -2.37. The first-order valence-corrected chi connectivity index (χ1v) is 6.29. The molecule has 0 radical (unpaired) electrons. The number of H-pyrrole nitrogens is 1. The van der Waals surface area contributed by atoms with E-state index in [0.29, 0.717) is 5.69 Å². The van der Waals surface area contributed by atoms with Crippen LogP contribution in [0.4, 0.5) is 5.69 Å². The molecular formula is C13H15N5O. The van der Waals surface area contributed by atoms with Gasteiger partial charge >= 0.3 is 0 Å². The van der Waals surface area contributed by atoms with Crippen molar-refractivity contribution in [3.63, 3.8) is 0 Å². The lowest BCUT2D eigenvalue weighted by Crippen LogP contribution is -2.37. The van der Waals surface area contributed by atoms with Crippen LogP contribution in [0, 0.1) is 0 Å². The highest BCUT2D eigenvalue weighted by atomic mass is 16.2. The van der Waals surface area contributed by atoms with Crippen molar-refractivity contribution >= 4 is 11.6 Å². The topological polar surface area (TPSA) is 73.9 Å². The van der Waals surface area contributed by atoms with Crippen molar-refractivity contribution in [2.45, 2.75) is 12.5 Å². The lowest BCUT2D eigenvalue weighted by Gasteiger charge is -2.18. The summed E-state index contributed by atoms with van der Waals surface area (Å²) in [6.07, 6.45) is 2.37. The molecule has 98 valence electrons. The smallest absolute Gasteiger partial charge is 0.273 e. The third kappa shape index (κ3) is 2.57. The third-order valence-corrected chi connectivity index (χ3v) is 3.29. The molecular weight excluding hydrogens is 242 g/mol. The monoisotopic (exact) mass is 257 g/mol. The molecule has 0 saturated carbocycles. The molecule has 3 rings (SSSR count). The highest BCUT2D eigenvalue weighted by Crippen LogP contribution is 2.19. The fraction of sp³-hybridized carbons (Fsp3) is 0.308. The average molecular weight is 257 g/mol. The Labute approximate surface area is 110 Å². The van der Waals surface area contributed by atoms with Crippen LogP contribution in [-0.2, 0) is 0 Å². The molecule has 19 heavy (non-hydrogen) atoms. The van der Waals surface area contributed by atoms with E-state index < -0.39 is 0 Å². The first-order chi connectivity index (χ1) is 9.33. The van der Waals surface area contributed by atoms with Gasteiger partial charge in [0.25, 0.3) is 5.91 Å². The number of anilines is 1. The van der Waals surface area contributed by atoms with E-state index in [0.717, 1.165) is 19.5 Å². The second-order valence-electron chi connectivity index (χ2n) is 4.60. The SMILES string of the molecule is O=C(NC1CCN(c2ccccc2)C1)c1cn[nH]n1. The first kappa shape index (κ1) is 11.7. The van der Waals surface area contributed by atoms with Gasteiger partial charge in [0.1, 0.15) is 0 Å². The van der Waals surface area contributed by atoms with E-state index in [9.17, 15) is 4.79 Å². The Balaban J connectivity index is 1.59. The van der Waals surface area contributed by atoms with E-state index in [1.165, 1.54) is 11.9 Å². The molecule has 1 unspecified atom stereocenters. The fourth-order valence-electron chi connectivity index (χ4n) is 2.32. The summed E-state index contributed by atoms with van der Waals surface area (Å²) in [6, 6.07) is 10.4. The molecule has 0 bridgehead atoms. The van der Waals surface area contributed by atoms with E-state index in [1.807, 2.05) is 18.2 Å². The molecule has 0 spiro atoms. The average Bonchev–Trinajstić information content (AvgIpc) is 3.11. The van der Waals surface area contributed by atoms with Crippen molar-refractivity contribution in [1.29, 1.82) is 0 Å². The molecule has 1 saturated heterocycles. The van der Waals surface area contributed by atoms with Crippen LogP contribution in [0.5, 0.6) is 0 Å². The minimum Gasteiger partial charge on any atom is -0.369 e. The largest absolute Gasteiger partial charge is 0.369 e. The van der Waals surface area contributed by atoms with Crippen LogP contribution in [0.2, 0.25) is 0 Å². The third-order valence-electron chi connectivity index (χ3n) is 3.29. The maximum Gasteiger partial charge on any atom is 0.273 e. The molecule has 1 aromatic carbocycles. The second kappa shape index (κ2) is 5.09. The van der Waals surface area contributed by atoms with Crippen molar-refractivity contribution < 1.29 is 4.79 Å². The molecule has 1 amide bonds. The Morgan fingerprint density at radius 3 is 2.95 bits per heavy atom. The van der Waals surface area contributed by atoms with Crippen molar-refractivity contribution in [3.8, 4) is 0 Å². The number of nitrogens with one attached hydrogen (secondary N) is 2. The van der Waals surface area contributed by atoms with Gasteiger partial charge in [0, 0.05) is 24.8 Å². The summed E-state index contributed by atoms with van der Waals surface area (Å²) in [6.45, 7) is 1.78.